The van der Waals surface area contributed by atoms with Crippen LogP contribution in [0.15, 0.2) is 0 Å². The molecule has 0 amide bonds. The minimum atomic E-state index is -1.46. The number of halogens is 1. The van der Waals surface area contributed by atoms with E-state index in [1.165, 1.54) is 0 Å². The highest BCUT2D eigenvalue weighted by molar-refractivity contribution is 14.1. The highest BCUT2D eigenvalue weighted by Crippen LogP contribution is 2.66. The van der Waals surface area contributed by atoms with Crippen molar-refractivity contribution in [1.82, 2.24) is 9.34 Å². The van der Waals surface area contributed by atoms with Crippen molar-refractivity contribution in [2.75, 3.05) is 34.3 Å². The zero-order chi connectivity index (χ0) is 8.48. The van der Waals surface area contributed by atoms with Gasteiger partial charge in [0, 0.05) is 27.2 Å². The van der Waals surface area contributed by atoms with Gasteiger partial charge in [0.15, 0.2) is 0 Å². The third-order valence-corrected chi connectivity index (χ3v) is 7.45. The van der Waals surface area contributed by atoms with Gasteiger partial charge in [-0.15, -0.1) is 0 Å². The average Bonchev–Trinajstić information content (AvgIpc) is 2.29. The Balaban J connectivity index is 2.76. The van der Waals surface area contributed by atoms with Gasteiger partial charge < -0.3 is 22.4 Å². The van der Waals surface area contributed by atoms with Crippen molar-refractivity contribution in [3.8, 4) is 0 Å². The second kappa shape index (κ2) is 3.88. The summed E-state index contributed by atoms with van der Waals surface area (Å²) in [6.07, 6.45) is 0. The maximum atomic E-state index is 5.57. The zero-order valence-corrected chi connectivity index (χ0v) is 10.2. The lowest BCUT2D eigenvalue weighted by atomic mass is 10.6. The second-order valence-corrected chi connectivity index (χ2v) is 7.41. The van der Waals surface area contributed by atoms with E-state index in [-0.39, 0.29) is 0 Å². The molecule has 1 saturated heterocycles. The van der Waals surface area contributed by atoms with Crippen LogP contribution in [-0.4, -0.2) is 48.5 Å². The van der Waals surface area contributed by atoms with Crippen LogP contribution < -0.4 is 0 Å². The van der Waals surface area contributed by atoms with E-state index in [9.17, 15) is 0 Å². The van der Waals surface area contributed by atoms with Crippen molar-refractivity contribution < 1.29 is 4.52 Å². The normalized spacial score (nSPS) is 26.2. The van der Waals surface area contributed by atoms with Crippen molar-refractivity contribution >= 4 is 34.9 Å². The molecule has 0 atom stereocenters. The fraction of sp³-hybridized carbons (Fsp3) is 1.00. The molecular formula is C5H13BIN2OP. The van der Waals surface area contributed by atoms with Gasteiger partial charge in [0.05, 0.1) is 19.6 Å². The average molecular weight is 286 g/mol. The van der Waals surface area contributed by atoms with Crippen LogP contribution in [0.25, 0.3) is 0 Å². The fourth-order valence-corrected chi connectivity index (χ4v) is 6.75. The number of rotatable bonds is 2. The van der Waals surface area contributed by atoms with E-state index in [0.29, 0.717) is 0 Å². The van der Waals surface area contributed by atoms with E-state index < -0.39 is 7.67 Å². The van der Waals surface area contributed by atoms with Crippen molar-refractivity contribution in [2.24, 2.45) is 0 Å². The summed E-state index contributed by atoms with van der Waals surface area (Å²) < 4.78 is 10.2. The van der Waals surface area contributed by atoms with Gasteiger partial charge in [-0.2, -0.15) is 9.34 Å². The maximum Gasteiger partial charge on any atom is 0.0928 e. The molecule has 1 heterocycles. The summed E-state index contributed by atoms with van der Waals surface area (Å²) in [5.41, 5.74) is 0. The van der Waals surface area contributed by atoms with Crippen LogP contribution in [0.1, 0.15) is 0 Å². The van der Waals surface area contributed by atoms with Crippen LogP contribution in [-0.2, 0) is 4.52 Å². The summed E-state index contributed by atoms with van der Waals surface area (Å²) in [6.45, 7) is 2.22. The van der Waals surface area contributed by atoms with Gasteiger partial charge in [-0.25, -0.2) is 0 Å². The SMILES string of the molecule is CO[P+]1([B-]I)N(C)CCN1C. The van der Waals surface area contributed by atoms with E-state index >= 15 is 0 Å². The Kier molecular flexibility index (Phi) is 3.59. The summed E-state index contributed by atoms with van der Waals surface area (Å²) in [5.74, 6) is 0. The number of likely N-dealkylation sites (N-methyl/N-ethyl adjacent to an activating group) is 2. The van der Waals surface area contributed by atoms with Gasteiger partial charge in [-0.05, 0) is 0 Å². The van der Waals surface area contributed by atoms with Gasteiger partial charge in [0.25, 0.3) is 0 Å². The largest absolute Gasteiger partial charge is 0.367 e. The van der Waals surface area contributed by atoms with Crippen molar-refractivity contribution in [1.29, 1.82) is 0 Å². The molecule has 0 spiro atoms. The molecule has 2 radical (unpaired) electrons. The highest BCUT2D eigenvalue weighted by Gasteiger charge is 2.41. The molecule has 0 bridgehead atoms. The van der Waals surface area contributed by atoms with Crippen LogP contribution in [0.3, 0.4) is 0 Å². The third-order valence-electron chi connectivity index (χ3n) is 2.12. The first-order chi connectivity index (χ1) is 5.17. The first-order valence-electron chi connectivity index (χ1n) is 3.49. The summed E-state index contributed by atoms with van der Waals surface area (Å²) in [5, 5.41) is 0. The lowest BCUT2D eigenvalue weighted by Gasteiger charge is -2.38. The van der Waals surface area contributed by atoms with E-state index in [2.05, 4.69) is 50.7 Å². The minimum Gasteiger partial charge on any atom is -0.367 e. The van der Waals surface area contributed by atoms with Gasteiger partial charge in [-0.3, -0.25) is 4.52 Å². The van der Waals surface area contributed by atoms with Crippen LogP contribution in [0.2, 0.25) is 0 Å². The quantitative estimate of drug-likeness (QED) is 0.431. The van der Waals surface area contributed by atoms with Crippen molar-refractivity contribution in [2.45, 2.75) is 0 Å². The smallest absolute Gasteiger partial charge is 0.0928 e. The standard InChI is InChI=1S/C5H13BIN2OP/c1-8-4-5-9(2)11(8,6-7)10-3/h4-5H2,1-3H3. The molecule has 11 heavy (non-hydrogen) atoms. The fourth-order valence-electron chi connectivity index (χ4n) is 1.30. The lowest BCUT2D eigenvalue weighted by molar-refractivity contribution is 0.387. The third kappa shape index (κ3) is 1.58. The monoisotopic (exact) mass is 286 g/mol. The first kappa shape index (κ1) is 10.2. The van der Waals surface area contributed by atoms with Gasteiger partial charge in [0.1, 0.15) is 0 Å². The molecule has 0 N–H and O–H groups in total. The van der Waals surface area contributed by atoms with Gasteiger partial charge in [-0.1, -0.05) is 0 Å². The minimum absolute atomic E-state index is 1.11. The molecule has 0 unspecified atom stereocenters. The van der Waals surface area contributed by atoms with Crippen LogP contribution in [0.5, 0.6) is 0 Å². The summed E-state index contributed by atoms with van der Waals surface area (Å²) in [7, 11) is 4.57. The Bertz CT molecular complexity index is 134. The number of hydrogen-bond acceptors (Lipinski definition) is 3. The molecule has 0 saturated carbocycles. The molecule has 0 aromatic rings. The van der Waals surface area contributed by atoms with Gasteiger partial charge >= 0.3 is 0 Å². The van der Waals surface area contributed by atoms with Crippen LogP contribution in [0, 0.1) is 0 Å². The predicted molar refractivity (Wildman–Crippen MR) is 59.0 cm³/mol. The molecule has 0 aromatic carbocycles. The lowest BCUT2D eigenvalue weighted by Crippen LogP contribution is -2.23. The Hall–Kier alpha value is 1.10. The maximum absolute atomic E-state index is 5.57. The number of nitrogens with zero attached hydrogens (tertiary/aromatic N) is 2. The molecule has 1 rings (SSSR count). The second-order valence-electron chi connectivity index (χ2n) is 2.63. The molecule has 1 aliphatic rings. The number of hydrogen-bond donors (Lipinski definition) is 0. The molecule has 0 aliphatic carbocycles. The predicted octanol–water partition coefficient (Wildman–Crippen LogP) is 1.24. The van der Waals surface area contributed by atoms with Gasteiger partial charge in [0.2, 0.25) is 0 Å². The van der Waals surface area contributed by atoms with Crippen LogP contribution >= 0.6 is 30.0 Å². The van der Waals surface area contributed by atoms with E-state index in [4.69, 9.17) is 4.52 Å². The van der Waals surface area contributed by atoms with Crippen LogP contribution in [0.4, 0.5) is 0 Å². The molecule has 3 nitrogen and oxygen atoms in total. The highest BCUT2D eigenvalue weighted by atomic mass is 127. The molecule has 0 aromatic heterocycles. The molecule has 1 fully saturated rings. The van der Waals surface area contributed by atoms with E-state index in [1.54, 1.807) is 7.11 Å². The Morgan fingerprint density at radius 2 is 1.82 bits per heavy atom. The van der Waals surface area contributed by atoms with E-state index in [1.807, 2.05) is 0 Å². The Morgan fingerprint density at radius 1 is 1.36 bits per heavy atom. The molecular weight excluding hydrogens is 273 g/mol. The first-order valence-corrected chi connectivity index (χ1v) is 6.42. The topological polar surface area (TPSA) is 15.7 Å². The summed E-state index contributed by atoms with van der Waals surface area (Å²) in [6, 6.07) is 0. The Morgan fingerprint density at radius 3 is 2.00 bits per heavy atom. The van der Waals surface area contributed by atoms with Crippen molar-refractivity contribution in [3.05, 3.63) is 0 Å². The molecule has 64 valence electrons. The Labute approximate surface area is 83.1 Å². The van der Waals surface area contributed by atoms with E-state index in [0.717, 1.165) is 13.1 Å². The molecule has 1 aliphatic heterocycles. The van der Waals surface area contributed by atoms with Crippen molar-refractivity contribution in [3.63, 3.8) is 0 Å². The zero-order valence-electron chi connectivity index (χ0n) is 7.12. The summed E-state index contributed by atoms with van der Waals surface area (Å²) in [4.78, 5) is 2.16. The summed E-state index contributed by atoms with van der Waals surface area (Å²) >= 11 is 2.29. The molecule has 6 heteroatoms.